The number of halogens is 2. The Morgan fingerprint density at radius 2 is 1.80 bits per heavy atom. The Bertz CT molecular complexity index is 668. The highest BCUT2D eigenvalue weighted by molar-refractivity contribution is 9.11. The number of rotatable bonds is 5. The van der Waals surface area contributed by atoms with E-state index in [1.807, 2.05) is 0 Å². The van der Waals surface area contributed by atoms with E-state index in [0.29, 0.717) is 23.1 Å². The summed E-state index contributed by atoms with van der Waals surface area (Å²) in [7, 11) is 0. The molecule has 2 amide bonds. The quantitative estimate of drug-likeness (QED) is 0.565. The van der Waals surface area contributed by atoms with Gasteiger partial charge in [0.1, 0.15) is 5.75 Å². The molecule has 136 valence electrons. The molecule has 2 atom stereocenters. The number of amides is 2. The first-order valence-electron chi connectivity index (χ1n) is 7.78. The molecule has 0 bridgehead atoms. The number of carboxylic acids is 1. The molecule has 1 aromatic rings. The van der Waals surface area contributed by atoms with Crippen LogP contribution >= 0.6 is 31.9 Å². The van der Waals surface area contributed by atoms with E-state index >= 15 is 0 Å². The van der Waals surface area contributed by atoms with Gasteiger partial charge in [0.25, 0.3) is 5.91 Å². The molecule has 1 aliphatic rings. The van der Waals surface area contributed by atoms with Crippen molar-refractivity contribution in [1.29, 1.82) is 0 Å². The van der Waals surface area contributed by atoms with Crippen LogP contribution in [0.1, 0.15) is 25.7 Å². The van der Waals surface area contributed by atoms with Crippen LogP contribution in [0.4, 0.5) is 0 Å². The number of benzene rings is 1. The average Bonchev–Trinajstić information content (AvgIpc) is 2.58. The smallest absolute Gasteiger partial charge is 0.307 e. The van der Waals surface area contributed by atoms with Crippen LogP contribution in [0, 0.1) is 11.8 Å². The maximum absolute atomic E-state index is 12.1. The summed E-state index contributed by atoms with van der Waals surface area (Å²) in [5.41, 5.74) is 4.56. The molecule has 3 N–H and O–H groups in total. The number of carbonyl (C=O) groups is 3. The van der Waals surface area contributed by atoms with Gasteiger partial charge in [0.05, 0.1) is 16.3 Å². The van der Waals surface area contributed by atoms with Gasteiger partial charge in [0, 0.05) is 4.47 Å². The summed E-state index contributed by atoms with van der Waals surface area (Å²) in [6.07, 6.45) is 2.57. The lowest BCUT2D eigenvalue weighted by atomic mass is 9.79. The fourth-order valence-corrected chi connectivity index (χ4v) is 3.90. The highest BCUT2D eigenvalue weighted by Gasteiger charge is 2.35. The summed E-state index contributed by atoms with van der Waals surface area (Å²) in [6.45, 7) is -0.284. The van der Waals surface area contributed by atoms with Crippen molar-refractivity contribution in [1.82, 2.24) is 10.9 Å². The summed E-state index contributed by atoms with van der Waals surface area (Å²) in [5, 5.41) is 9.20. The van der Waals surface area contributed by atoms with E-state index in [4.69, 9.17) is 4.74 Å². The van der Waals surface area contributed by atoms with Crippen LogP contribution in [0.15, 0.2) is 27.1 Å². The molecule has 1 aliphatic carbocycles. The highest BCUT2D eigenvalue weighted by atomic mass is 79.9. The summed E-state index contributed by atoms with van der Waals surface area (Å²) in [6, 6.07) is 5.25. The van der Waals surface area contributed by atoms with Crippen molar-refractivity contribution in [2.75, 3.05) is 6.61 Å². The predicted octanol–water partition coefficient (Wildman–Crippen LogP) is 2.63. The van der Waals surface area contributed by atoms with Crippen molar-refractivity contribution in [3.8, 4) is 5.75 Å². The minimum atomic E-state index is -0.977. The van der Waals surface area contributed by atoms with E-state index in [9.17, 15) is 19.5 Å². The summed E-state index contributed by atoms with van der Waals surface area (Å²) < 4.78 is 6.92. The van der Waals surface area contributed by atoms with Crippen LogP contribution in [-0.4, -0.2) is 29.5 Å². The molecule has 0 aliphatic heterocycles. The van der Waals surface area contributed by atoms with Gasteiger partial charge in [-0.2, -0.15) is 0 Å². The van der Waals surface area contributed by atoms with Gasteiger partial charge in [-0.25, -0.2) is 0 Å². The topological polar surface area (TPSA) is 105 Å². The van der Waals surface area contributed by atoms with Crippen molar-refractivity contribution >= 4 is 49.6 Å². The van der Waals surface area contributed by atoms with E-state index in [0.717, 1.165) is 17.3 Å². The molecule has 0 saturated heterocycles. The third-order valence-electron chi connectivity index (χ3n) is 4.00. The second-order valence-corrected chi connectivity index (χ2v) is 7.51. The fraction of sp³-hybridized carbons (Fsp3) is 0.438. The number of hydrogen-bond donors (Lipinski definition) is 3. The average molecular weight is 478 g/mol. The molecule has 0 radical (unpaired) electrons. The number of carboxylic acid groups (broad SMARTS) is 1. The van der Waals surface area contributed by atoms with Crippen molar-refractivity contribution in [2.45, 2.75) is 25.7 Å². The molecule has 2 rings (SSSR count). The molecule has 1 aromatic carbocycles. The zero-order valence-electron chi connectivity index (χ0n) is 13.3. The van der Waals surface area contributed by atoms with Crippen LogP contribution in [0.2, 0.25) is 0 Å². The number of hydrazine groups is 1. The first kappa shape index (κ1) is 19.7. The molecule has 0 aromatic heterocycles. The standard InChI is InChI=1S/C16H18Br2N2O5/c17-9-5-6-13(12(18)7-9)25-8-14(21)19-20-15(22)10-3-1-2-4-11(10)16(23)24/h5-7,10-11H,1-4,8H2,(H,19,21)(H,20,22)(H,23,24). The summed E-state index contributed by atoms with van der Waals surface area (Å²) in [4.78, 5) is 35.2. The zero-order valence-corrected chi connectivity index (χ0v) is 16.4. The van der Waals surface area contributed by atoms with E-state index in [2.05, 4.69) is 42.7 Å². The van der Waals surface area contributed by atoms with Gasteiger partial charge in [0.2, 0.25) is 5.91 Å². The number of carbonyl (C=O) groups excluding carboxylic acids is 2. The molecular weight excluding hydrogens is 460 g/mol. The molecule has 0 heterocycles. The second-order valence-electron chi connectivity index (χ2n) is 5.74. The molecule has 1 saturated carbocycles. The second kappa shape index (κ2) is 9.19. The van der Waals surface area contributed by atoms with Crippen LogP contribution in [0.25, 0.3) is 0 Å². The van der Waals surface area contributed by atoms with Crippen LogP contribution in [0.5, 0.6) is 5.75 Å². The largest absolute Gasteiger partial charge is 0.483 e. The van der Waals surface area contributed by atoms with E-state index in [1.54, 1.807) is 18.2 Å². The molecular formula is C16H18Br2N2O5. The first-order chi connectivity index (χ1) is 11.9. The van der Waals surface area contributed by atoms with E-state index in [1.165, 1.54) is 0 Å². The molecule has 2 unspecified atom stereocenters. The van der Waals surface area contributed by atoms with Gasteiger partial charge in [-0.05, 0) is 47.0 Å². The number of ether oxygens (including phenoxy) is 1. The number of aliphatic carboxylic acids is 1. The first-order valence-corrected chi connectivity index (χ1v) is 9.36. The Hall–Kier alpha value is -1.61. The van der Waals surface area contributed by atoms with Crippen LogP contribution in [-0.2, 0) is 14.4 Å². The molecule has 25 heavy (non-hydrogen) atoms. The summed E-state index contributed by atoms with van der Waals surface area (Å²) in [5.74, 6) is -2.85. The SMILES string of the molecule is O=C(COc1ccc(Br)cc1Br)NNC(=O)C1CCCCC1C(=O)O. The van der Waals surface area contributed by atoms with Gasteiger partial charge in [-0.1, -0.05) is 28.8 Å². The summed E-state index contributed by atoms with van der Waals surface area (Å²) >= 11 is 6.64. The lowest BCUT2D eigenvalue weighted by Gasteiger charge is -2.27. The van der Waals surface area contributed by atoms with Crippen molar-refractivity contribution in [2.24, 2.45) is 11.8 Å². The maximum Gasteiger partial charge on any atom is 0.307 e. The lowest BCUT2D eigenvalue weighted by molar-refractivity contribution is -0.149. The van der Waals surface area contributed by atoms with Gasteiger partial charge in [-0.3, -0.25) is 25.2 Å². The van der Waals surface area contributed by atoms with Gasteiger partial charge in [-0.15, -0.1) is 0 Å². The van der Waals surface area contributed by atoms with E-state index in [-0.39, 0.29) is 6.61 Å². The number of nitrogens with one attached hydrogen (secondary N) is 2. The van der Waals surface area contributed by atoms with Gasteiger partial charge >= 0.3 is 5.97 Å². The van der Waals surface area contributed by atoms with Crippen molar-refractivity contribution < 1.29 is 24.2 Å². The van der Waals surface area contributed by atoms with Gasteiger partial charge in [0.15, 0.2) is 6.61 Å². The minimum absolute atomic E-state index is 0.284. The predicted molar refractivity (Wildman–Crippen MR) is 96.7 cm³/mol. The van der Waals surface area contributed by atoms with Crippen molar-refractivity contribution in [3.63, 3.8) is 0 Å². The third kappa shape index (κ3) is 5.71. The van der Waals surface area contributed by atoms with Crippen molar-refractivity contribution in [3.05, 3.63) is 27.1 Å². The lowest BCUT2D eigenvalue weighted by Crippen LogP contribution is -2.49. The number of hydrogen-bond acceptors (Lipinski definition) is 4. The third-order valence-corrected chi connectivity index (χ3v) is 5.11. The Morgan fingerprint density at radius 3 is 2.44 bits per heavy atom. The normalized spacial score (nSPS) is 19.8. The monoisotopic (exact) mass is 476 g/mol. The maximum atomic E-state index is 12.1. The van der Waals surface area contributed by atoms with E-state index < -0.39 is 29.6 Å². The molecule has 7 nitrogen and oxygen atoms in total. The van der Waals surface area contributed by atoms with Gasteiger partial charge < -0.3 is 9.84 Å². The Balaban J connectivity index is 1.80. The van der Waals surface area contributed by atoms with Crippen LogP contribution in [0.3, 0.4) is 0 Å². The Kier molecular flexibility index (Phi) is 7.24. The Labute approximate surface area is 161 Å². The molecule has 9 heteroatoms. The highest BCUT2D eigenvalue weighted by Crippen LogP contribution is 2.30. The zero-order chi connectivity index (χ0) is 18.4. The minimum Gasteiger partial charge on any atom is -0.483 e. The fourth-order valence-electron chi connectivity index (χ4n) is 2.74. The molecule has 0 spiro atoms. The van der Waals surface area contributed by atoms with Crippen LogP contribution < -0.4 is 15.6 Å². The molecule has 1 fully saturated rings. The Morgan fingerprint density at radius 1 is 1.12 bits per heavy atom.